The summed E-state index contributed by atoms with van der Waals surface area (Å²) in [6.45, 7) is 1.74. The molecule has 0 radical (unpaired) electrons. The standard InChI is InChI=1S/C15H7BrCl3F3OS/c1-6-2-12(24-14(6)16)11(23)5-8(15(20,21)22)7-3-9(17)13(19)10(18)4-7/h2-5H,1H3. The summed E-state index contributed by atoms with van der Waals surface area (Å²) in [5.41, 5.74) is -0.708. The second-order valence-corrected chi connectivity index (χ2v) is 8.30. The molecule has 0 amide bonds. The van der Waals surface area contributed by atoms with E-state index in [1.807, 2.05) is 0 Å². The first kappa shape index (κ1) is 19.8. The molecule has 1 heterocycles. The number of allylic oxidation sites excluding steroid dienone is 2. The van der Waals surface area contributed by atoms with Crippen LogP contribution < -0.4 is 0 Å². The number of rotatable bonds is 3. The molecule has 0 atom stereocenters. The number of thiophene rings is 1. The van der Waals surface area contributed by atoms with Gasteiger partial charge in [0.2, 0.25) is 0 Å². The van der Waals surface area contributed by atoms with Crippen LogP contribution in [0.3, 0.4) is 0 Å². The van der Waals surface area contributed by atoms with Gasteiger partial charge in [-0.3, -0.25) is 4.79 Å². The van der Waals surface area contributed by atoms with Crippen LogP contribution in [0.2, 0.25) is 15.1 Å². The van der Waals surface area contributed by atoms with Crippen LogP contribution in [0.4, 0.5) is 13.2 Å². The molecule has 0 N–H and O–H groups in total. The van der Waals surface area contributed by atoms with Crippen LogP contribution in [0, 0.1) is 6.92 Å². The molecular formula is C15H7BrCl3F3OS. The molecule has 9 heteroatoms. The summed E-state index contributed by atoms with van der Waals surface area (Å²) in [6, 6.07) is 3.57. The van der Waals surface area contributed by atoms with E-state index < -0.39 is 17.5 Å². The number of alkyl halides is 3. The summed E-state index contributed by atoms with van der Waals surface area (Å²) in [7, 11) is 0. The number of hydrogen-bond donors (Lipinski definition) is 0. The van der Waals surface area contributed by atoms with Crippen LogP contribution >= 0.6 is 62.1 Å². The van der Waals surface area contributed by atoms with Crippen molar-refractivity contribution in [2.75, 3.05) is 0 Å². The SMILES string of the molecule is Cc1cc(C(=O)C=C(c2cc(Cl)c(Cl)c(Cl)c2)C(F)(F)F)sc1Br. The second-order valence-electron chi connectivity index (χ2n) is 4.74. The molecule has 1 aromatic carbocycles. The van der Waals surface area contributed by atoms with Crippen molar-refractivity contribution in [2.24, 2.45) is 0 Å². The Hall–Kier alpha value is -0.530. The van der Waals surface area contributed by atoms with Gasteiger partial charge >= 0.3 is 6.18 Å². The Morgan fingerprint density at radius 3 is 2.12 bits per heavy atom. The summed E-state index contributed by atoms with van der Waals surface area (Å²) in [6.07, 6.45) is -4.23. The van der Waals surface area contributed by atoms with Gasteiger partial charge in [0.05, 0.1) is 29.3 Å². The van der Waals surface area contributed by atoms with Crippen molar-refractivity contribution in [3.63, 3.8) is 0 Å². The van der Waals surface area contributed by atoms with Crippen molar-refractivity contribution in [2.45, 2.75) is 13.1 Å². The van der Waals surface area contributed by atoms with Crippen LogP contribution in [0.15, 0.2) is 28.1 Å². The van der Waals surface area contributed by atoms with E-state index >= 15 is 0 Å². The van der Waals surface area contributed by atoms with Gasteiger partial charge in [-0.25, -0.2) is 0 Å². The number of halogens is 7. The lowest BCUT2D eigenvalue weighted by Crippen LogP contribution is -2.12. The zero-order valence-corrected chi connectivity index (χ0v) is 16.4. The minimum Gasteiger partial charge on any atom is -0.288 e. The number of aryl methyl sites for hydroxylation is 1. The third-order valence-corrected chi connectivity index (χ3v) is 6.32. The molecule has 0 aliphatic rings. The summed E-state index contributed by atoms with van der Waals surface area (Å²) >= 11 is 21.6. The molecule has 0 aliphatic carbocycles. The summed E-state index contributed by atoms with van der Waals surface area (Å²) in [4.78, 5) is 12.4. The van der Waals surface area contributed by atoms with Crippen molar-refractivity contribution in [1.29, 1.82) is 0 Å². The molecule has 1 nitrogen and oxygen atoms in total. The van der Waals surface area contributed by atoms with E-state index in [1.54, 1.807) is 6.92 Å². The molecular weight excluding hydrogens is 471 g/mol. The number of carbonyl (C=O) groups excluding carboxylic acids is 1. The molecule has 2 rings (SSSR count). The van der Waals surface area contributed by atoms with Gasteiger partial charge in [0.15, 0.2) is 5.78 Å². The fourth-order valence-electron chi connectivity index (χ4n) is 1.82. The molecule has 0 aliphatic heterocycles. The molecule has 0 fully saturated rings. The van der Waals surface area contributed by atoms with Gasteiger partial charge in [-0.2, -0.15) is 13.2 Å². The highest BCUT2D eigenvalue weighted by atomic mass is 79.9. The zero-order chi connectivity index (χ0) is 18.2. The van der Waals surface area contributed by atoms with Gasteiger partial charge < -0.3 is 0 Å². The quantitative estimate of drug-likeness (QED) is 0.252. The van der Waals surface area contributed by atoms with E-state index in [0.29, 0.717) is 9.86 Å². The first-order valence-electron chi connectivity index (χ1n) is 6.24. The molecule has 24 heavy (non-hydrogen) atoms. The monoisotopic (exact) mass is 476 g/mol. The maximum Gasteiger partial charge on any atom is 0.417 e. The first-order chi connectivity index (χ1) is 11.0. The third kappa shape index (κ3) is 4.35. The second kappa shape index (κ2) is 7.38. The van der Waals surface area contributed by atoms with Gasteiger partial charge in [0.25, 0.3) is 0 Å². The summed E-state index contributed by atoms with van der Waals surface area (Å²) in [5.74, 6) is -0.761. The van der Waals surface area contributed by atoms with E-state index in [4.69, 9.17) is 34.8 Å². The van der Waals surface area contributed by atoms with Gasteiger partial charge in [-0.05, 0) is 58.3 Å². The molecule has 1 aromatic heterocycles. The van der Waals surface area contributed by atoms with E-state index in [9.17, 15) is 18.0 Å². The van der Waals surface area contributed by atoms with Gasteiger partial charge in [0, 0.05) is 0 Å². The fraction of sp³-hybridized carbons (Fsp3) is 0.133. The molecule has 0 saturated carbocycles. The lowest BCUT2D eigenvalue weighted by Gasteiger charge is -2.13. The predicted octanol–water partition coefficient (Wildman–Crippen LogP) is 7.61. The zero-order valence-electron chi connectivity index (χ0n) is 11.8. The highest BCUT2D eigenvalue weighted by molar-refractivity contribution is 9.11. The molecule has 2 aromatic rings. The normalized spacial score (nSPS) is 12.6. The van der Waals surface area contributed by atoms with Crippen LogP contribution in [-0.2, 0) is 0 Å². The van der Waals surface area contributed by atoms with Crippen molar-refractivity contribution >= 4 is 73.4 Å². The maximum atomic E-state index is 13.4. The Balaban J connectivity index is 2.55. The third-order valence-electron chi connectivity index (χ3n) is 2.98. The number of benzene rings is 1. The highest BCUT2D eigenvalue weighted by Gasteiger charge is 2.36. The van der Waals surface area contributed by atoms with Gasteiger partial charge in [-0.15, -0.1) is 11.3 Å². The number of hydrogen-bond acceptors (Lipinski definition) is 2. The smallest absolute Gasteiger partial charge is 0.288 e. The Bertz CT molecular complexity index is 800. The average molecular weight is 479 g/mol. The molecule has 0 saturated heterocycles. The largest absolute Gasteiger partial charge is 0.417 e. The summed E-state index contributed by atoms with van der Waals surface area (Å²) < 4.78 is 40.8. The average Bonchev–Trinajstić information content (AvgIpc) is 2.80. The van der Waals surface area contributed by atoms with Crippen molar-refractivity contribution < 1.29 is 18.0 Å². The fourth-order valence-corrected chi connectivity index (χ4v) is 3.87. The van der Waals surface area contributed by atoms with Crippen LogP contribution in [0.5, 0.6) is 0 Å². The minimum atomic E-state index is -4.76. The Morgan fingerprint density at radius 1 is 1.17 bits per heavy atom. The highest BCUT2D eigenvalue weighted by Crippen LogP contribution is 2.40. The van der Waals surface area contributed by atoms with Crippen molar-refractivity contribution in [3.05, 3.63) is 59.1 Å². The van der Waals surface area contributed by atoms with Crippen LogP contribution in [0.1, 0.15) is 20.8 Å². The molecule has 0 bridgehead atoms. The predicted molar refractivity (Wildman–Crippen MR) is 96.6 cm³/mol. The maximum absolute atomic E-state index is 13.4. The van der Waals surface area contributed by atoms with E-state index in [0.717, 1.165) is 29.0 Å². The first-order valence-corrected chi connectivity index (χ1v) is 8.99. The molecule has 0 unspecified atom stereocenters. The number of carbonyl (C=O) groups is 1. The topological polar surface area (TPSA) is 17.1 Å². The summed E-state index contributed by atoms with van der Waals surface area (Å²) in [5, 5.41) is -0.305. The van der Waals surface area contributed by atoms with Crippen molar-refractivity contribution in [1.82, 2.24) is 0 Å². The van der Waals surface area contributed by atoms with E-state index in [1.165, 1.54) is 6.07 Å². The van der Waals surface area contributed by atoms with Crippen LogP contribution in [-0.4, -0.2) is 12.0 Å². The van der Waals surface area contributed by atoms with Crippen molar-refractivity contribution in [3.8, 4) is 0 Å². The van der Waals surface area contributed by atoms with Gasteiger partial charge in [-0.1, -0.05) is 34.8 Å². The van der Waals surface area contributed by atoms with E-state index in [-0.39, 0.29) is 25.5 Å². The lowest BCUT2D eigenvalue weighted by molar-refractivity contribution is -0.0689. The minimum absolute atomic E-state index is 0.0484. The van der Waals surface area contributed by atoms with E-state index in [2.05, 4.69) is 15.9 Å². The number of ketones is 1. The Labute approximate surface area is 163 Å². The molecule has 0 spiro atoms. The Kier molecular flexibility index (Phi) is 6.08. The lowest BCUT2D eigenvalue weighted by atomic mass is 10.0. The van der Waals surface area contributed by atoms with Crippen LogP contribution in [0.25, 0.3) is 5.57 Å². The Morgan fingerprint density at radius 2 is 1.71 bits per heavy atom. The van der Waals surface area contributed by atoms with Gasteiger partial charge in [0.1, 0.15) is 0 Å². The molecule has 128 valence electrons.